The van der Waals surface area contributed by atoms with Crippen molar-refractivity contribution in [1.29, 1.82) is 0 Å². The number of nitrogens with one attached hydrogen (secondary N) is 1. The highest BCUT2D eigenvalue weighted by molar-refractivity contribution is 6.02. The van der Waals surface area contributed by atoms with Gasteiger partial charge < -0.3 is 19.7 Å². The first-order valence-electron chi connectivity index (χ1n) is 6.87. The third kappa shape index (κ3) is 2.18. The number of ether oxygens (including phenoxy) is 1. The van der Waals surface area contributed by atoms with Crippen LogP contribution in [0, 0.1) is 0 Å². The summed E-state index contributed by atoms with van der Waals surface area (Å²) in [5.74, 6) is -1.48. The summed E-state index contributed by atoms with van der Waals surface area (Å²) in [7, 11) is 0. The van der Waals surface area contributed by atoms with E-state index in [9.17, 15) is 9.59 Å². The SMILES string of the molecule is O=C(O)c1[nH]cnc1C(=O)N1CCOC2CCCCC21. The lowest BCUT2D eigenvalue weighted by Gasteiger charge is -2.43. The summed E-state index contributed by atoms with van der Waals surface area (Å²) < 4.78 is 5.72. The molecular weight excluding hydrogens is 262 g/mol. The molecule has 2 aliphatic rings. The van der Waals surface area contributed by atoms with E-state index in [0.717, 1.165) is 25.7 Å². The second-order valence-corrected chi connectivity index (χ2v) is 5.19. The highest BCUT2D eigenvalue weighted by atomic mass is 16.5. The number of aromatic nitrogens is 2. The number of hydrogen-bond donors (Lipinski definition) is 2. The summed E-state index contributed by atoms with van der Waals surface area (Å²) in [5.41, 5.74) is -0.155. The molecule has 2 N–H and O–H groups in total. The summed E-state index contributed by atoms with van der Waals surface area (Å²) in [5, 5.41) is 9.07. The molecule has 1 amide bonds. The molecule has 1 aromatic heterocycles. The average Bonchev–Trinajstić information content (AvgIpc) is 2.95. The number of carboxylic acids is 1. The van der Waals surface area contributed by atoms with Gasteiger partial charge in [-0.3, -0.25) is 4.79 Å². The number of carboxylic acid groups (broad SMARTS) is 1. The maximum Gasteiger partial charge on any atom is 0.354 e. The molecule has 1 saturated heterocycles. The second-order valence-electron chi connectivity index (χ2n) is 5.19. The van der Waals surface area contributed by atoms with E-state index in [2.05, 4.69) is 9.97 Å². The van der Waals surface area contributed by atoms with Gasteiger partial charge in [0.1, 0.15) is 0 Å². The molecule has 2 unspecified atom stereocenters. The minimum Gasteiger partial charge on any atom is -0.477 e. The van der Waals surface area contributed by atoms with E-state index in [1.807, 2.05) is 0 Å². The number of morpholine rings is 1. The molecule has 2 fully saturated rings. The fourth-order valence-corrected chi connectivity index (χ4v) is 3.10. The zero-order chi connectivity index (χ0) is 14.1. The second kappa shape index (κ2) is 5.24. The first-order chi connectivity index (χ1) is 9.68. The number of imidazole rings is 1. The first-order valence-corrected chi connectivity index (χ1v) is 6.87. The van der Waals surface area contributed by atoms with Crippen molar-refractivity contribution in [1.82, 2.24) is 14.9 Å². The third-order valence-electron chi connectivity index (χ3n) is 4.05. The van der Waals surface area contributed by atoms with Crippen LogP contribution in [0.2, 0.25) is 0 Å². The normalized spacial score (nSPS) is 26.1. The largest absolute Gasteiger partial charge is 0.477 e. The Kier molecular flexibility index (Phi) is 3.43. The van der Waals surface area contributed by atoms with Crippen molar-refractivity contribution in [3.05, 3.63) is 17.7 Å². The lowest BCUT2D eigenvalue weighted by atomic mass is 9.90. The van der Waals surface area contributed by atoms with Crippen molar-refractivity contribution in [2.45, 2.75) is 37.8 Å². The molecule has 0 spiro atoms. The number of nitrogens with zero attached hydrogens (tertiary/aromatic N) is 2. The Bertz CT molecular complexity index is 525. The molecule has 7 heteroatoms. The molecule has 0 aromatic carbocycles. The van der Waals surface area contributed by atoms with Crippen molar-refractivity contribution >= 4 is 11.9 Å². The minimum absolute atomic E-state index is 0.0104. The van der Waals surface area contributed by atoms with Crippen LogP contribution in [0.3, 0.4) is 0 Å². The van der Waals surface area contributed by atoms with Gasteiger partial charge in [0.25, 0.3) is 5.91 Å². The average molecular weight is 279 g/mol. The fraction of sp³-hybridized carbons (Fsp3) is 0.615. The van der Waals surface area contributed by atoms with Crippen LogP contribution in [0.5, 0.6) is 0 Å². The number of rotatable bonds is 2. The molecule has 2 atom stereocenters. The predicted molar refractivity (Wildman–Crippen MR) is 68.6 cm³/mol. The zero-order valence-corrected chi connectivity index (χ0v) is 11.0. The first kappa shape index (κ1) is 13.1. The monoisotopic (exact) mass is 279 g/mol. The Hall–Kier alpha value is -1.89. The Balaban J connectivity index is 1.85. The van der Waals surface area contributed by atoms with Crippen LogP contribution < -0.4 is 0 Å². The molecule has 20 heavy (non-hydrogen) atoms. The molecule has 0 bridgehead atoms. The fourth-order valence-electron chi connectivity index (χ4n) is 3.10. The Morgan fingerprint density at radius 3 is 3.00 bits per heavy atom. The molecular formula is C13H17N3O4. The summed E-state index contributed by atoms with van der Waals surface area (Å²) in [6, 6.07) is 0.0448. The number of hydrogen-bond acceptors (Lipinski definition) is 4. The van der Waals surface area contributed by atoms with E-state index >= 15 is 0 Å². The van der Waals surface area contributed by atoms with Gasteiger partial charge in [0.05, 0.1) is 25.1 Å². The van der Waals surface area contributed by atoms with Gasteiger partial charge in [0.2, 0.25) is 0 Å². The number of amides is 1. The van der Waals surface area contributed by atoms with Gasteiger partial charge in [-0.15, -0.1) is 0 Å². The summed E-state index contributed by atoms with van der Waals surface area (Å²) in [4.78, 5) is 31.8. The van der Waals surface area contributed by atoms with Gasteiger partial charge in [0, 0.05) is 6.54 Å². The van der Waals surface area contributed by atoms with Crippen LogP contribution in [0.1, 0.15) is 46.7 Å². The molecule has 108 valence electrons. The van der Waals surface area contributed by atoms with Crippen molar-refractivity contribution < 1.29 is 19.4 Å². The molecule has 1 aromatic rings. The molecule has 3 rings (SSSR count). The van der Waals surface area contributed by atoms with Crippen molar-refractivity contribution in [3.8, 4) is 0 Å². The van der Waals surface area contributed by atoms with Crippen LogP contribution in [0.4, 0.5) is 0 Å². The number of aromatic carboxylic acids is 1. The van der Waals surface area contributed by atoms with Gasteiger partial charge in [-0.05, 0) is 12.8 Å². The molecule has 1 saturated carbocycles. The van der Waals surface area contributed by atoms with E-state index in [1.54, 1.807) is 4.90 Å². The van der Waals surface area contributed by atoms with E-state index in [0.29, 0.717) is 13.2 Å². The number of H-pyrrole nitrogens is 1. The lowest BCUT2D eigenvalue weighted by Crippen LogP contribution is -2.55. The highest BCUT2D eigenvalue weighted by Crippen LogP contribution is 2.29. The molecule has 0 radical (unpaired) electrons. The standard InChI is InChI=1S/C13H17N3O4/c17-12(10-11(13(18)19)15-7-14-10)16-5-6-20-9-4-2-1-3-8(9)16/h7-9H,1-6H2,(H,14,15)(H,18,19). The quantitative estimate of drug-likeness (QED) is 0.838. The number of aromatic amines is 1. The highest BCUT2D eigenvalue weighted by Gasteiger charge is 2.38. The van der Waals surface area contributed by atoms with Crippen molar-refractivity contribution in [2.24, 2.45) is 0 Å². The Morgan fingerprint density at radius 1 is 1.40 bits per heavy atom. The van der Waals surface area contributed by atoms with Gasteiger partial charge in [0.15, 0.2) is 11.4 Å². The maximum atomic E-state index is 12.6. The van der Waals surface area contributed by atoms with Crippen LogP contribution >= 0.6 is 0 Å². The summed E-state index contributed by atoms with van der Waals surface area (Å²) >= 11 is 0. The smallest absolute Gasteiger partial charge is 0.354 e. The molecule has 1 aliphatic carbocycles. The van der Waals surface area contributed by atoms with Gasteiger partial charge in [-0.1, -0.05) is 12.8 Å². The van der Waals surface area contributed by atoms with E-state index < -0.39 is 5.97 Å². The Labute approximate surface area is 115 Å². The Morgan fingerprint density at radius 2 is 2.20 bits per heavy atom. The number of fused-ring (bicyclic) bond motifs is 1. The summed E-state index contributed by atoms with van der Waals surface area (Å²) in [6.07, 6.45) is 5.38. The van der Waals surface area contributed by atoms with Gasteiger partial charge in [-0.25, -0.2) is 9.78 Å². The van der Waals surface area contributed by atoms with E-state index in [4.69, 9.17) is 9.84 Å². The van der Waals surface area contributed by atoms with E-state index in [1.165, 1.54) is 6.33 Å². The third-order valence-corrected chi connectivity index (χ3v) is 4.05. The lowest BCUT2D eigenvalue weighted by molar-refractivity contribution is -0.0754. The van der Waals surface area contributed by atoms with Crippen LogP contribution in [-0.4, -0.2) is 57.1 Å². The maximum absolute atomic E-state index is 12.6. The number of carbonyl (C=O) groups excluding carboxylic acids is 1. The molecule has 7 nitrogen and oxygen atoms in total. The molecule has 1 aliphatic heterocycles. The van der Waals surface area contributed by atoms with Crippen LogP contribution in [-0.2, 0) is 4.74 Å². The van der Waals surface area contributed by atoms with Crippen molar-refractivity contribution in [3.63, 3.8) is 0 Å². The van der Waals surface area contributed by atoms with E-state index in [-0.39, 0.29) is 29.4 Å². The number of carbonyl (C=O) groups is 2. The molecule has 2 heterocycles. The van der Waals surface area contributed by atoms with Crippen molar-refractivity contribution in [2.75, 3.05) is 13.2 Å². The summed E-state index contributed by atoms with van der Waals surface area (Å²) in [6.45, 7) is 0.992. The van der Waals surface area contributed by atoms with Gasteiger partial charge in [-0.2, -0.15) is 0 Å². The predicted octanol–water partition coefficient (Wildman–Crippen LogP) is 0.891. The zero-order valence-electron chi connectivity index (χ0n) is 11.0. The van der Waals surface area contributed by atoms with Gasteiger partial charge >= 0.3 is 5.97 Å². The van der Waals surface area contributed by atoms with Crippen LogP contribution in [0.25, 0.3) is 0 Å². The minimum atomic E-state index is -1.17. The topological polar surface area (TPSA) is 95.5 Å². The van der Waals surface area contributed by atoms with Crippen LogP contribution in [0.15, 0.2) is 6.33 Å².